The third kappa shape index (κ3) is 3.45. The molecule has 0 saturated heterocycles. The molecule has 0 radical (unpaired) electrons. The van der Waals surface area contributed by atoms with Gasteiger partial charge in [0.05, 0.1) is 12.0 Å². The van der Waals surface area contributed by atoms with Gasteiger partial charge in [0.1, 0.15) is 0 Å². The summed E-state index contributed by atoms with van der Waals surface area (Å²) >= 11 is 0. The van der Waals surface area contributed by atoms with Gasteiger partial charge in [-0.05, 0) is 12.8 Å². The van der Waals surface area contributed by atoms with Gasteiger partial charge in [0.25, 0.3) is 0 Å². The van der Waals surface area contributed by atoms with Crippen LogP contribution in [0.1, 0.15) is 26.7 Å². The van der Waals surface area contributed by atoms with E-state index in [0.717, 1.165) is 0 Å². The Hall–Kier alpha value is -0.570. The van der Waals surface area contributed by atoms with Crippen LogP contribution < -0.4 is 0 Å². The van der Waals surface area contributed by atoms with Crippen LogP contribution in [0.15, 0.2) is 0 Å². The number of carboxylic acids is 1. The van der Waals surface area contributed by atoms with Crippen molar-refractivity contribution < 1.29 is 15.0 Å². The highest BCUT2D eigenvalue weighted by Crippen LogP contribution is 2.07. The Morgan fingerprint density at radius 3 is 2.40 bits per heavy atom. The van der Waals surface area contributed by atoms with E-state index in [-0.39, 0.29) is 0 Å². The number of aliphatic carboxylic acids is 1. The Labute approximate surface area is 60.7 Å². The number of rotatable bonds is 4. The fraction of sp³-hybridized carbons (Fsp3) is 0.857. The molecule has 0 spiro atoms. The minimum atomic E-state index is -0.840. The van der Waals surface area contributed by atoms with Crippen molar-refractivity contribution in [1.82, 2.24) is 0 Å². The molecule has 0 aromatic heterocycles. The molecule has 0 heterocycles. The maximum Gasteiger partial charge on any atom is 0.306 e. The summed E-state index contributed by atoms with van der Waals surface area (Å²) in [5.41, 5.74) is 0. The van der Waals surface area contributed by atoms with Crippen LogP contribution in [0.25, 0.3) is 0 Å². The number of hydrogen-bond acceptors (Lipinski definition) is 2. The van der Waals surface area contributed by atoms with Gasteiger partial charge >= 0.3 is 5.97 Å². The van der Waals surface area contributed by atoms with E-state index in [2.05, 4.69) is 0 Å². The SMILES string of the molecule is CCC(O)C[C@H](C)C(=O)O. The topological polar surface area (TPSA) is 57.5 Å². The van der Waals surface area contributed by atoms with Crippen molar-refractivity contribution in [2.75, 3.05) is 0 Å². The molecule has 0 amide bonds. The molecule has 0 saturated carbocycles. The first-order valence-electron chi connectivity index (χ1n) is 3.48. The predicted molar refractivity (Wildman–Crippen MR) is 37.7 cm³/mol. The molecule has 3 nitrogen and oxygen atoms in total. The molecule has 0 aliphatic carbocycles. The monoisotopic (exact) mass is 146 g/mol. The van der Waals surface area contributed by atoms with Crippen LogP contribution in [0, 0.1) is 5.92 Å². The quantitative estimate of drug-likeness (QED) is 0.618. The van der Waals surface area contributed by atoms with Gasteiger partial charge in [-0.25, -0.2) is 0 Å². The van der Waals surface area contributed by atoms with Crippen LogP contribution in [0.3, 0.4) is 0 Å². The van der Waals surface area contributed by atoms with E-state index >= 15 is 0 Å². The standard InChI is InChI=1S/C7H14O3/c1-3-6(8)4-5(2)7(9)10/h5-6,8H,3-4H2,1-2H3,(H,9,10)/t5-,6?/m0/s1. The van der Waals surface area contributed by atoms with E-state index in [1.807, 2.05) is 6.92 Å². The van der Waals surface area contributed by atoms with Gasteiger partial charge in [0, 0.05) is 0 Å². The summed E-state index contributed by atoms with van der Waals surface area (Å²) in [4.78, 5) is 10.2. The second kappa shape index (κ2) is 4.28. The van der Waals surface area contributed by atoms with Gasteiger partial charge in [-0.15, -0.1) is 0 Å². The van der Waals surface area contributed by atoms with Crippen LogP contribution in [-0.2, 0) is 4.79 Å². The first-order valence-corrected chi connectivity index (χ1v) is 3.48. The Kier molecular flexibility index (Phi) is 4.03. The third-order valence-corrected chi connectivity index (χ3v) is 1.52. The molecule has 2 atom stereocenters. The molecule has 3 heteroatoms. The van der Waals surface area contributed by atoms with Crippen LogP contribution >= 0.6 is 0 Å². The first kappa shape index (κ1) is 9.43. The summed E-state index contributed by atoms with van der Waals surface area (Å²) in [5, 5.41) is 17.4. The number of carboxylic acid groups (broad SMARTS) is 1. The van der Waals surface area contributed by atoms with E-state index in [1.54, 1.807) is 6.92 Å². The van der Waals surface area contributed by atoms with Gasteiger partial charge in [0.15, 0.2) is 0 Å². The van der Waals surface area contributed by atoms with Crippen LogP contribution in [0.4, 0.5) is 0 Å². The average Bonchev–Trinajstić information content (AvgIpc) is 1.87. The zero-order valence-corrected chi connectivity index (χ0v) is 6.37. The largest absolute Gasteiger partial charge is 0.481 e. The molecule has 60 valence electrons. The summed E-state index contributed by atoms with van der Waals surface area (Å²) in [6.45, 7) is 3.43. The molecule has 0 aromatic rings. The predicted octanol–water partition coefficient (Wildman–Crippen LogP) is 0.868. The fourth-order valence-electron chi connectivity index (χ4n) is 0.676. The van der Waals surface area contributed by atoms with Crippen molar-refractivity contribution in [2.45, 2.75) is 32.8 Å². The summed E-state index contributed by atoms with van der Waals surface area (Å²) in [6, 6.07) is 0. The summed E-state index contributed by atoms with van der Waals surface area (Å²) < 4.78 is 0. The lowest BCUT2D eigenvalue weighted by molar-refractivity contribution is -0.142. The number of aliphatic hydroxyl groups excluding tert-OH is 1. The highest BCUT2D eigenvalue weighted by Gasteiger charge is 2.14. The highest BCUT2D eigenvalue weighted by molar-refractivity contribution is 5.69. The summed E-state index contributed by atoms with van der Waals surface area (Å²) in [6.07, 6.45) is 0.509. The Morgan fingerprint density at radius 2 is 2.10 bits per heavy atom. The molecule has 0 aliphatic rings. The normalized spacial score (nSPS) is 16.3. The second-order valence-corrected chi connectivity index (χ2v) is 2.54. The first-order chi connectivity index (χ1) is 4.57. The Bertz CT molecular complexity index is 111. The average molecular weight is 146 g/mol. The van der Waals surface area contributed by atoms with Gasteiger partial charge in [-0.2, -0.15) is 0 Å². The molecule has 1 unspecified atom stereocenters. The molecule has 0 aliphatic heterocycles. The van der Waals surface area contributed by atoms with Crippen LogP contribution in [0.2, 0.25) is 0 Å². The van der Waals surface area contributed by atoms with Crippen LogP contribution in [0.5, 0.6) is 0 Å². The maximum atomic E-state index is 10.2. The molecule has 0 fully saturated rings. The molecule has 0 rings (SSSR count). The van der Waals surface area contributed by atoms with Crippen molar-refractivity contribution in [2.24, 2.45) is 5.92 Å². The molecular formula is C7H14O3. The zero-order valence-electron chi connectivity index (χ0n) is 6.37. The number of aliphatic hydroxyl groups is 1. The lowest BCUT2D eigenvalue weighted by atomic mass is 10.0. The van der Waals surface area contributed by atoms with Crippen LogP contribution in [-0.4, -0.2) is 22.3 Å². The highest BCUT2D eigenvalue weighted by atomic mass is 16.4. The minimum Gasteiger partial charge on any atom is -0.481 e. The molecular weight excluding hydrogens is 132 g/mol. The Morgan fingerprint density at radius 1 is 1.60 bits per heavy atom. The summed E-state index contributed by atoms with van der Waals surface area (Å²) in [5.74, 6) is -1.28. The number of hydrogen-bond donors (Lipinski definition) is 2. The van der Waals surface area contributed by atoms with Crippen molar-refractivity contribution >= 4 is 5.97 Å². The molecule has 10 heavy (non-hydrogen) atoms. The maximum absolute atomic E-state index is 10.2. The Balaban J connectivity index is 3.56. The van der Waals surface area contributed by atoms with E-state index < -0.39 is 18.0 Å². The van der Waals surface area contributed by atoms with Gasteiger partial charge < -0.3 is 10.2 Å². The van der Waals surface area contributed by atoms with Gasteiger partial charge in [-0.1, -0.05) is 13.8 Å². The smallest absolute Gasteiger partial charge is 0.306 e. The summed E-state index contributed by atoms with van der Waals surface area (Å²) in [7, 11) is 0. The van der Waals surface area contributed by atoms with Crippen molar-refractivity contribution in [3.8, 4) is 0 Å². The minimum absolute atomic E-state index is 0.353. The third-order valence-electron chi connectivity index (χ3n) is 1.52. The molecule has 0 aromatic carbocycles. The molecule has 2 N–H and O–H groups in total. The zero-order chi connectivity index (χ0) is 8.15. The lowest BCUT2D eigenvalue weighted by Gasteiger charge is -2.09. The van der Waals surface area contributed by atoms with E-state index in [1.165, 1.54) is 0 Å². The van der Waals surface area contributed by atoms with Crippen molar-refractivity contribution in [3.63, 3.8) is 0 Å². The van der Waals surface area contributed by atoms with Gasteiger partial charge in [-0.3, -0.25) is 4.79 Å². The van der Waals surface area contributed by atoms with E-state index in [4.69, 9.17) is 10.2 Å². The van der Waals surface area contributed by atoms with E-state index in [0.29, 0.717) is 12.8 Å². The van der Waals surface area contributed by atoms with E-state index in [9.17, 15) is 4.79 Å². The van der Waals surface area contributed by atoms with Crippen molar-refractivity contribution in [3.05, 3.63) is 0 Å². The fourth-order valence-corrected chi connectivity index (χ4v) is 0.676. The van der Waals surface area contributed by atoms with Crippen molar-refractivity contribution in [1.29, 1.82) is 0 Å². The number of carbonyl (C=O) groups is 1. The lowest BCUT2D eigenvalue weighted by Crippen LogP contribution is -2.17. The van der Waals surface area contributed by atoms with Gasteiger partial charge in [0.2, 0.25) is 0 Å². The molecule has 0 bridgehead atoms. The second-order valence-electron chi connectivity index (χ2n) is 2.54.